The van der Waals surface area contributed by atoms with Crippen LogP contribution >= 0.6 is 11.8 Å². The van der Waals surface area contributed by atoms with Crippen LogP contribution in [0, 0.1) is 0 Å². The first-order valence-corrected chi connectivity index (χ1v) is 8.76. The topological polar surface area (TPSA) is 50.7 Å². The molecule has 0 spiro atoms. The third-order valence-corrected chi connectivity index (χ3v) is 4.45. The van der Waals surface area contributed by atoms with E-state index in [1.165, 1.54) is 23.5 Å². The van der Waals surface area contributed by atoms with Crippen molar-refractivity contribution in [2.45, 2.75) is 24.7 Å². The summed E-state index contributed by atoms with van der Waals surface area (Å²) >= 11 is 1.52. The van der Waals surface area contributed by atoms with Gasteiger partial charge in [-0.25, -0.2) is 0 Å². The van der Waals surface area contributed by atoms with E-state index in [-0.39, 0.29) is 5.78 Å². The van der Waals surface area contributed by atoms with Gasteiger partial charge >= 0.3 is 0 Å². The van der Waals surface area contributed by atoms with Gasteiger partial charge in [0.2, 0.25) is 0 Å². The summed E-state index contributed by atoms with van der Waals surface area (Å²) in [6, 6.07) is 15.7. The molecule has 126 valence electrons. The number of anilines is 1. The summed E-state index contributed by atoms with van der Waals surface area (Å²) in [6.07, 6.45) is 1.32. The second kappa shape index (κ2) is 9.13. The van der Waals surface area contributed by atoms with E-state index < -0.39 is 0 Å². The molecule has 0 aliphatic heterocycles. The van der Waals surface area contributed by atoms with E-state index in [4.69, 9.17) is 4.74 Å². The molecule has 0 heterocycles. The number of ketones is 1. The Morgan fingerprint density at radius 1 is 1.17 bits per heavy atom. The van der Waals surface area contributed by atoms with Crippen molar-refractivity contribution < 1.29 is 9.53 Å². The number of ether oxygens (including phenoxy) is 1. The standard InChI is InChI=1S/C19H22N2O2S/c1-14(2)15-4-10-19(11-5-15)24-13-17(22)12-20-21-16-6-8-18(23-3)9-7-16/h4-12,14,21H,13H2,1-3H3. The van der Waals surface area contributed by atoms with Gasteiger partial charge in [0.15, 0.2) is 5.78 Å². The lowest BCUT2D eigenvalue weighted by atomic mass is 10.0. The highest BCUT2D eigenvalue weighted by Crippen LogP contribution is 2.21. The third kappa shape index (κ3) is 5.74. The molecule has 1 N–H and O–H groups in total. The van der Waals surface area contributed by atoms with Gasteiger partial charge in [-0.2, -0.15) is 5.10 Å². The van der Waals surface area contributed by atoms with Crippen LogP contribution in [0.15, 0.2) is 58.5 Å². The number of methoxy groups -OCH3 is 1. The molecule has 4 nitrogen and oxygen atoms in total. The fraction of sp³-hybridized carbons (Fsp3) is 0.263. The van der Waals surface area contributed by atoms with Gasteiger partial charge in [-0.15, -0.1) is 11.8 Å². The first-order chi connectivity index (χ1) is 11.6. The summed E-state index contributed by atoms with van der Waals surface area (Å²) in [7, 11) is 1.62. The number of nitrogens with one attached hydrogen (secondary N) is 1. The van der Waals surface area contributed by atoms with Crippen molar-refractivity contribution in [1.82, 2.24) is 0 Å². The number of carbonyl (C=O) groups is 1. The summed E-state index contributed by atoms with van der Waals surface area (Å²) in [6.45, 7) is 4.33. The summed E-state index contributed by atoms with van der Waals surface area (Å²) in [5, 5.41) is 3.97. The summed E-state index contributed by atoms with van der Waals surface area (Å²) in [4.78, 5) is 12.9. The summed E-state index contributed by atoms with van der Waals surface area (Å²) < 4.78 is 5.08. The molecule has 0 unspecified atom stereocenters. The zero-order valence-electron chi connectivity index (χ0n) is 14.2. The Balaban J connectivity index is 1.77. The number of benzene rings is 2. The second-order valence-electron chi connectivity index (χ2n) is 5.58. The highest BCUT2D eigenvalue weighted by molar-refractivity contribution is 8.00. The Kier molecular flexibility index (Phi) is 6.88. The number of hydrogen-bond acceptors (Lipinski definition) is 5. The predicted octanol–water partition coefficient (Wildman–Crippen LogP) is 4.58. The van der Waals surface area contributed by atoms with Crippen molar-refractivity contribution in [1.29, 1.82) is 0 Å². The monoisotopic (exact) mass is 342 g/mol. The molecule has 0 bridgehead atoms. The van der Waals surface area contributed by atoms with Crippen LogP contribution in [0.25, 0.3) is 0 Å². The fourth-order valence-corrected chi connectivity index (χ4v) is 2.70. The van der Waals surface area contributed by atoms with Gasteiger partial charge in [-0.05, 0) is 47.9 Å². The Hall–Kier alpha value is -2.27. The minimum Gasteiger partial charge on any atom is -0.497 e. The van der Waals surface area contributed by atoms with Crippen molar-refractivity contribution in [3.8, 4) is 5.75 Å². The lowest BCUT2D eigenvalue weighted by Crippen LogP contribution is -2.04. The Labute approximate surface area is 147 Å². The number of hydrazone groups is 1. The molecular formula is C19H22N2O2S. The van der Waals surface area contributed by atoms with E-state index in [1.54, 1.807) is 7.11 Å². The minimum absolute atomic E-state index is 0.0334. The molecule has 0 saturated carbocycles. The normalized spacial score (nSPS) is 11.0. The average Bonchev–Trinajstić information content (AvgIpc) is 2.61. The van der Waals surface area contributed by atoms with Crippen molar-refractivity contribution in [3.63, 3.8) is 0 Å². The van der Waals surface area contributed by atoms with Crippen LogP contribution in [0.4, 0.5) is 5.69 Å². The van der Waals surface area contributed by atoms with Crippen LogP contribution in [-0.4, -0.2) is 24.9 Å². The van der Waals surface area contributed by atoms with Crippen LogP contribution in [0.1, 0.15) is 25.3 Å². The van der Waals surface area contributed by atoms with Crippen LogP contribution in [0.3, 0.4) is 0 Å². The highest BCUT2D eigenvalue weighted by atomic mass is 32.2. The fourth-order valence-electron chi connectivity index (χ4n) is 1.99. The van der Waals surface area contributed by atoms with E-state index in [0.717, 1.165) is 16.3 Å². The first kappa shape index (κ1) is 18.1. The summed E-state index contributed by atoms with van der Waals surface area (Å²) in [5.74, 6) is 1.63. The molecule has 2 rings (SSSR count). The number of thioether (sulfide) groups is 1. The quantitative estimate of drug-likeness (QED) is 0.433. The second-order valence-corrected chi connectivity index (χ2v) is 6.63. The maximum Gasteiger partial charge on any atom is 0.185 e. The molecule has 0 radical (unpaired) electrons. The largest absolute Gasteiger partial charge is 0.497 e. The molecule has 0 amide bonds. The SMILES string of the molecule is COc1ccc(NN=CC(=O)CSc2ccc(C(C)C)cc2)cc1. The molecular weight excluding hydrogens is 320 g/mol. The highest BCUT2D eigenvalue weighted by Gasteiger charge is 2.02. The van der Waals surface area contributed by atoms with Gasteiger partial charge in [-0.3, -0.25) is 10.2 Å². The van der Waals surface area contributed by atoms with Crippen molar-refractivity contribution >= 4 is 29.4 Å². The van der Waals surface area contributed by atoms with Gasteiger partial charge in [0, 0.05) is 4.90 Å². The molecule has 0 aliphatic rings. The van der Waals surface area contributed by atoms with Gasteiger partial charge in [0.05, 0.1) is 24.8 Å². The third-order valence-electron chi connectivity index (χ3n) is 3.42. The van der Waals surface area contributed by atoms with E-state index in [0.29, 0.717) is 11.7 Å². The number of carbonyl (C=O) groups excluding carboxylic acids is 1. The molecule has 24 heavy (non-hydrogen) atoms. The molecule has 2 aromatic carbocycles. The van der Waals surface area contributed by atoms with Crippen molar-refractivity contribution in [2.24, 2.45) is 5.10 Å². The molecule has 0 saturated heterocycles. The van der Waals surface area contributed by atoms with Gasteiger partial charge in [0.1, 0.15) is 5.75 Å². The molecule has 0 aliphatic carbocycles. The van der Waals surface area contributed by atoms with Crippen LogP contribution < -0.4 is 10.2 Å². The zero-order chi connectivity index (χ0) is 17.4. The Morgan fingerprint density at radius 3 is 2.42 bits per heavy atom. The van der Waals surface area contributed by atoms with Crippen molar-refractivity contribution in [2.75, 3.05) is 18.3 Å². The van der Waals surface area contributed by atoms with Crippen molar-refractivity contribution in [3.05, 3.63) is 54.1 Å². The zero-order valence-corrected chi connectivity index (χ0v) is 15.0. The predicted molar refractivity (Wildman–Crippen MR) is 101 cm³/mol. The minimum atomic E-state index is -0.0334. The Morgan fingerprint density at radius 2 is 1.83 bits per heavy atom. The van der Waals surface area contributed by atoms with Gasteiger partial charge in [-0.1, -0.05) is 26.0 Å². The molecule has 0 fully saturated rings. The number of nitrogens with zero attached hydrogens (tertiary/aromatic N) is 1. The maximum absolute atomic E-state index is 11.9. The lowest BCUT2D eigenvalue weighted by molar-refractivity contribution is -0.110. The molecule has 5 heteroatoms. The van der Waals surface area contributed by atoms with Crippen LogP contribution in [0.5, 0.6) is 5.75 Å². The smallest absolute Gasteiger partial charge is 0.185 e. The number of hydrogen-bond donors (Lipinski definition) is 1. The van der Waals surface area contributed by atoms with E-state index in [9.17, 15) is 4.79 Å². The van der Waals surface area contributed by atoms with E-state index in [2.05, 4.69) is 48.6 Å². The van der Waals surface area contributed by atoms with Gasteiger partial charge < -0.3 is 4.74 Å². The maximum atomic E-state index is 11.9. The van der Waals surface area contributed by atoms with Crippen LogP contribution in [0.2, 0.25) is 0 Å². The Bertz CT molecular complexity index is 680. The van der Waals surface area contributed by atoms with E-state index >= 15 is 0 Å². The van der Waals surface area contributed by atoms with E-state index in [1.807, 2.05) is 24.3 Å². The molecule has 0 atom stereocenters. The molecule has 0 aromatic heterocycles. The first-order valence-electron chi connectivity index (χ1n) is 7.77. The van der Waals surface area contributed by atoms with Crippen LogP contribution in [-0.2, 0) is 4.79 Å². The van der Waals surface area contributed by atoms with Gasteiger partial charge in [0.25, 0.3) is 0 Å². The molecule has 2 aromatic rings. The summed E-state index contributed by atoms with van der Waals surface area (Å²) in [5.41, 5.74) is 4.93. The lowest BCUT2D eigenvalue weighted by Gasteiger charge is -2.06. The number of rotatable bonds is 8. The number of Topliss-reactive ketones (excluding diaryl/α,β-unsaturated/α-hetero) is 1. The average molecular weight is 342 g/mol.